The molecule has 0 saturated carbocycles. The van der Waals surface area contributed by atoms with Crippen LogP contribution in [0.4, 0.5) is 0 Å². The highest BCUT2D eigenvalue weighted by Crippen LogP contribution is 2.30. The van der Waals surface area contributed by atoms with E-state index in [1.165, 1.54) is 0 Å². The van der Waals surface area contributed by atoms with Gasteiger partial charge in [-0.1, -0.05) is 17.7 Å². The van der Waals surface area contributed by atoms with E-state index >= 15 is 0 Å². The largest absolute Gasteiger partial charge is 0.495 e. The number of halogens is 1. The van der Waals surface area contributed by atoms with Crippen LogP contribution in [0.1, 0.15) is 11.7 Å². The second kappa shape index (κ2) is 5.89. The zero-order valence-electron chi connectivity index (χ0n) is 10.6. The first-order valence-electron chi connectivity index (χ1n) is 5.93. The number of ether oxygens (including phenoxy) is 2. The molecule has 1 aromatic rings. The average Bonchev–Trinajstić information content (AvgIpc) is 2.38. The molecule has 0 spiro atoms. The van der Waals surface area contributed by atoms with Crippen LogP contribution in [0.25, 0.3) is 0 Å². The summed E-state index contributed by atoms with van der Waals surface area (Å²) in [7, 11) is 3.58. The molecule has 2 unspecified atom stereocenters. The van der Waals surface area contributed by atoms with Crippen molar-refractivity contribution in [2.45, 2.75) is 12.2 Å². The fourth-order valence-corrected chi connectivity index (χ4v) is 2.27. The van der Waals surface area contributed by atoms with Gasteiger partial charge in [0.25, 0.3) is 0 Å². The van der Waals surface area contributed by atoms with Crippen molar-refractivity contribution in [3.8, 4) is 5.75 Å². The number of aliphatic hydroxyl groups is 1. The monoisotopic (exact) mass is 271 g/mol. The Kier molecular flexibility index (Phi) is 4.45. The number of rotatable bonds is 3. The lowest BCUT2D eigenvalue weighted by Gasteiger charge is -2.33. The number of morpholine rings is 1. The van der Waals surface area contributed by atoms with Gasteiger partial charge in [0.15, 0.2) is 0 Å². The molecule has 1 N–H and O–H groups in total. The number of likely N-dealkylation sites (N-methyl/N-ethyl adjacent to an activating group) is 1. The van der Waals surface area contributed by atoms with Crippen LogP contribution in [0, 0.1) is 0 Å². The summed E-state index contributed by atoms with van der Waals surface area (Å²) in [4.78, 5) is 2.14. The standard InChI is InChI=1S/C13H18ClNO3/c1-15-5-6-18-12(8-15)13(16)9-3-4-10(14)11(7-9)17-2/h3-4,7,12-13,16H,5-6,8H2,1-2H3. The highest BCUT2D eigenvalue weighted by molar-refractivity contribution is 6.32. The highest BCUT2D eigenvalue weighted by atomic mass is 35.5. The SMILES string of the molecule is COc1cc(C(O)C2CN(C)CCO2)ccc1Cl. The second-order valence-electron chi connectivity index (χ2n) is 4.51. The molecular weight excluding hydrogens is 254 g/mol. The van der Waals surface area contributed by atoms with Crippen molar-refractivity contribution in [1.29, 1.82) is 0 Å². The molecule has 0 radical (unpaired) electrons. The Morgan fingerprint density at radius 2 is 2.33 bits per heavy atom. The zero-order valence-corrected chi connectivity index (χ0v) is 11.4. The third-order valence-electron chi connectivity index (χ3n) is 3.17. The third-order valence-corrected chi connectivity index (χ3v) is 3.48. The summed E-state index contributed by atoms with van der Waals surface area (Å²) in [5, 5.41) is 10.9. The maximum Gasteiger partial charge on any atom is 0.137 e. The summed E-state index contributed by atoms with van der Waals surface area (Å²) in [6, 6.07) is 5.28. The summed E-state index contributed by atoms with van der Waals surface area (Å²) in [6.07, 6.45) is -0.881. The number of methoxy groups -OCH3 is 1. The van der Waals surface area contributed by atoms with E-state index in [1.54, 1.807) is 25.3 Å². The van der Waals surface area contributed by atoms with Gasteiger partial charge in [-0.3, -0.25) is 0 Å². The van der Waals surface area contributed by atoms with Gasteiger partial charge in [-0.05, 0) is 24.7 Å². The summed E-state index contributed by atoms with van der Waals surface area (Å²) in [5.41, 5.74) is 0.761. The molecule has 1 aliphatic heterocycles. The van der Waals surface area contributed by atoms with E-state index in [0.717, 1.165) is 12.1 Å². The van der Waals surface area contributed by atoms with E-state index in [0.29, 0.717) is 23.9 Å². The molecule has 18 heavy (non-hydrogen) atoms. The van der Waals surface area contributed by atoms with Gasteiger partial charge in [-0.2, -0.15) is 0 Å². The minimum Gasteiger partial charge on any atom is -0.495 e. The van der Waals surface area contributed by atoms with Gasteiger partial charge in [0.1, 0.15) is 18.0 Å². The van der Waals surface area contributed by atoms with Crippen molar-refractivity contribution in [1.82, 2.24) is 4.90 Å². The van der Waals surface area contributed by atoms with Crippen molar-refractivity contribution in [2.75, 3.05) is 33.9 Å². The van der Waals surface area contributed by atoms with E-state index in [4.69, 9.17) is 21.1 Å². The van der Waals surface area contributed by atoms with E-state index in [-0.39, 0.29) is 6.10 Å². The minimum atomic E-state index is -0.668. The maximum atomic E-state index is 10.3. The normalized spacial score (nSPS) is 22.8. The molecule has 0 aromatic heterocycles. The predicted octanol–water partition coefficient (Wildman–Crippen LogP) is 1.71. The van der Waals surface area contributed by atoms with Gasteiger partial charge < -0.3 is 19.5 Å². The molecule has 1 aromatic carbocycles. The molecule has 2 atom stereocenters. The van der Waals surface area contributed by atoms with Crippen LogP contribution >= 0.6 is 11.6 Å². The minimum absolute atomic E-state index is 0.213. The molecule has 0 amide bonds. The van der Waals surface area contributed by atoms with Crippen molar-refractivity contribution in [3.63, 3.8) is 0 Å². The lowest BCUT2D eigenvalue weighted by molar-refractivity contribution is -0.0845. The third kappa shape index (κ3) is 2.95. The number of aliphatic hydroxyl groups excluding tert-OH is 1. The number of benzene rings is 1. The fraction of sp³-hybridized carbons (Fsp3) is 0.538. The topological polar surface area (TPSA) is 41.9 Å². The van der Waals surface area contributed by atoms with Crippen LogP contribution in [0.15, 0.2) is 18.2 Å². The van der Waals surface area contributed by atoms with Crippen molar-refractivity contribution in [3.05, 3.63) is 28.8 Å². The first-order valence-corrected chi connectivity index (χ1v) is 6.31. The molecule has 1 heterocycles. The van der Waals surface area contributed by atoms with E-state index in [9.17, 15) is 5.11 Å². The Labute approximate surface area is 112 Å². The van der Waals surface area contributed by atoms with Gasteiger partial charge in [0.05, 0.1) is 18.7 Å². The quantitative estimate of drug-likeness (QED) is 0.909. The van der Waals surface area contributed by atoms with E-state index in [1.807, 2.05) is 7.05 Å². The Morgan fingerprint density at radius 3 is 3.00 bits per heavy atom. The smallest absolute Gasteiger partial charge is 0.137 e. The Hall–Kier alpha value is -0.810. The van der Waals surface area contributed by atoms with Crippen LogP contribution in [0.3, 0.4) is 0 Å². The van der Waals surface area contributed by atoms with E-state index < -0.39 is 6.10 Å². The average molecular weight is 272 g/mol. The first kappa shape index (κ1) is 13.6. The number of nitrogens with zero attached hydrogens (tertiary/aromatic N) is 1. The predicted molar refractivity (Wildman–Crippen MR) is 70.2 cm³/mol. The summed E-state index contributed by atoms with van der Waals surface area (Å²) in [6.45, 7) is 2.25. The molecular formula is C13H18ClNO3. The van der Waals surface area contributed by atoms with Crippen LogP contribution < -0.4 is 4.74 Å². The molecule has 0 aliphatic carbocycles. The summed E-state index contributed by atoms with van der Waals surface area (Å²) < 4.78 is 10.8. The molecule has 4 nitrogen and oxygen atoms in total. The Balaban J connectivity index is 2.14. The molecule has 1 saturated heterocycles. The lowest BCUT2D eigenvalue weighted by Crippen LogP contribution is -2.42. The van der Waals surface area contributed by atoms with Crippen LogP contribution in [-0.2, 0) is 4.74 Å². The van der Waals surface area contributed by atoms with Crippen LogP contribution in [0.2, 0.25) is 5.02 Å². The molecule has 2 rings (SSSR count). The maximum absolute atomic E-state index is 10.3. The van der Waals surface area contributed by atoms with Gasteiger partial charge >= 0.3 is 0 Å². The molecule has 100 valence electrons. The lowest BCUT2D eigenvalue weighted by atomic mass is 10.0. The van der Waals surface area contributed by atoms with Crippen molar-refractivity contribution < 1.29 is 14.6 Å². The van der Waals surface area contributed by atoms with Crippen molar-refractivity contribution in [2.24, 2.45) is 0 Å². The van der Waals surface area contributed by atoms with Gasteiger partial charge in [-0.15, -0.1) is 0 Å². The number of hydrogen-bond acceptors (Lipinski definition) is 4. The Morgan fingerprint density at radius 1 is 1.56 bits per heavy atom. The van der Waals surface area contributed by atoms with Gasteiger partial charge in [0.2, 0.25) is 0 Å². The molecule has 0 bridgehead atoms. The zero-order chi connectivity index (χ0) is 13.1. The van der Waals surface area contributed by atoms with Crippen molar-refractivity contribution >= 4 is 11.6 Å². The fourth-order valence-electron chi connectivity index (χ4n) is 2.08. The van der Waals surface area contributed by atoms with Gasteiger partial charge in [0, 0.05) is 13.1 Å². The molecule has 5 heteroatoms. The van der Waals surface area contributed by atoms with Crippen LogP contribution in [-0.4, -0.2) is 50.0 Å². The number of hydrogen-bond donors (Lipinski definition) is 1. The second-order valence-corrected chi connectivity index (χ2v) is 4.92. The van der Waals surface area contributed by atoms with Crippen LogP contribution in [0.5, 0.6) is 5.75 Å². The molecule has 1 fully saturated rings. The van der Waals surface area contributed by atoms with Gasteiger partial charge in [-0.25, -0.2) is 0 Å². The first-order chi connectivity index (χ1) is 8.61. The summed E-state index contributed by atoms with van der Waals surface area (Å²) >= 11 is 5.96. The Bertz CT molecular complexity index is 413. The highest BCUT2D eigenvalue weighted by Gasteiger charge is 2.26. The van der Waals surface area contributed by atoms with E-state index in [2.05, 4.69) is 4.90 Å². The summed E-state index contributed by atoms with van der Waals surface area (Å²) in [5.74, 6) is 0.567. The molecule has 1 aliphatic rings.